The molecule has 2 aromatic rings. The lowest BCUT2D eigenvalue weighted by Gasteiger charge is -2.22. The number of aromatic amines is 1. The van der Waals surface area contributed by atoms with Crippen LogP contribution in [0.3, 0.4) is 0 Å². The van der Waals surface area contributed by atoms with Crippen molar-refractivity contribution in [3.8, 4) is 5.75 Å². The van der Waals surface area contributed by atoms with Crippen molar-refractivity contribution < 1.29 is 13.9 Å². The van der Waals surface area contributed by atoms with Crippen LogP contribution in [-0.4, -0.2) is 42.9 Å². The molecule has 2 fully saturated rings. The molecule has 30 heavy (non-hydrogen) atoms. The lowest BCUT2D eigenvalue weighted by atomic mass is 9.95. The zero-order chi connectivity index (χ0) is 21.3. The van der Waals surface area contributed by atoms with Gasteiger partial charge in [-0.2, -0.15) is 0 Å². The van der Waals surface area contributed by atoms with Crippen LogP contribution >= 0.6 is 0 Å². The van der Waals surface area contributed by atoms with Gasteiger partial charge in [-0.25, -0.2) is 9.37 Å². The number of piperidine rings is 1. The van der Waals surface area contributed by atoms with Crippen molar-refractivity contribution in [1.82, 2.24) is 15.3 Å². The van der Waals surface area contributed by atoms with Gasteiger partial charge < -0.3 is 19.8 Å². The van der Waals surface area contributed by atoms with E-state index in [0.717, 1.165) is 58.4 Å². The molecule has 3 heterocycles. The summed E-state index contributed by atoms with van der Waals surface area (Å²) in [5, 5.41) is 3.33. The van der Waals surface area contributed by atoms with E-state index in [0.29, 0.717) is 42.0 Å². The van der Waals surface area contributed by atoms with Crippen LogP contribution in [0.25, 0.3) is 10.9 Å². The molecule has 2 aliphatic heterocycles. The molecule has 2 saturated heterocycles. The Kier molecular flexibility index (Phi) is 8.63. The van der Waals surface area contributed by atoms with Gasteiger partial charge in [0.1, 0.15) is 22.8 Å². The Morgan fingerprint density at radius 1 is 1.13 bits per heavy atom. The Morgan fingerprint density at radius 2 is 1.87 bits per heavy atom. The summed E-state index contributed by atoms with van der Waals surface area (Å²) >= 11 is 0. The molecule has 0 bridgehead atoms. The second-order valence-corrected chi connectivity index (χ2v) is 7.91. The van der Waals surface area contributed by atoms with Gasteiger partial charge in [-0.1, -0.05) is 13.8 Å². The topological polar surface area (TPSA) is 76.2 Å². The highest BCUT2D eigenvalue weighted by Crippen LogP contribution is 2.24. The first-order valence-electron chi connectivity index (χ1n) is 11.3. The first kappa shape index (κ1) is 22.7. The Morgan fingerprint density at radius 3 is 2.60 bits per heavy atom. The molecule has 1 aromatic carbocycles. The number of halogens is 1. The van der Waals surface area contributed by atoms with Gasteiger partial charge in [0.25, 0.3) is 5.56 Å². The van der Waals surface area contributed by atoms with Gasteiger partial charge in [0.05, 0.1) is 12.1 Å². The molecule has 2 aliphatic rings. The number of fused-ring (bicyclic) bond motifs is 1. The highest BCUT2D eigenvalue weighted by molar-refractivity contribution is 5.79. The SMILES string of the molecule is CC.O=c1[nH]c(CCC2CCOCC2)nc2cc(OCC3CCNCC3)cc(F)c12. The van der Waals surface area contributed by atoms with E-state index >= 15 is 0 Å². The fourth-order valence-electron chi connectivity index (χ4n) is 4.09. The summed E-state index contributed by atoms with van der Waals surface area (Å²) in [6.07, 6.45) is 5.83. The minimum Gasteiger partial charge on any atom is -0.493 e. The van der Waals surface area contributed by atoms with Crippen LogP contribution in [0.5, 0.6) is 5.75 Å². The number of ether oxygens (including phenoxy) is 2. The zero-order valence-corrected chi connectivity index (χ0v) is 18.1. The van der Waals surface area contributed by atoms with Gasteiger partial charge in [-0.3, -0.25) is 4.79 Å². The molecular weight excluding hydrogens is 385 g/mol. The van der Waals surface area contributed by atoms with E-state index in [-0.39, 0.29) is 5.39 Å². The maximum absolute atomic E-state index is 14.5. The van der Waals surface area contributed by atoms with Crippen LogP contribution < -0.4 is 15.6 Å². The van der Waals surface area contributed by atoms with Crippen molar-refractivity contribution in [2.45, 2.75) is 52.4 Å². The normalized spacial score (nSPS) is 18.1. The molecule has 0 radical (unpaired) electrons. The van der Waals surface area contributed by atoms with Crippen molar-refractivity contribution in [3.05, 3.63) is 34.1 Å². The van der Waals surface area contributed by atoms with E-state index in [2.05, 4.69) is 15.3 Å². The van der Waals surface area contributed by atoms with Gasteiger partial charge in [-0.05, 0) is 57.0 Å². The number of aromatic nitrogens is 2. The Hall–Kier alpha value is -1.99. The Balaban J connectivity index is 0.00000124. The second kappa shape index (κ2) is 11.4. The van der Waals surface area contributed by atoms with E-state index in [1.54, 1.807) is 6.07 Å². The smallest absolute Gasteiger partial charge is 0.261 e. The summed E-state index contributed by atoms with van der Waals surface area (Å²) in [5.41, 5.74) is -0.0552. The molecule has 4 rings (SSSR count). The molecule has 7 heteroatoms. The van der Waals surface area contributed by atoms with Gasteiger partial charge in [-0.15, -0.1) is 0 Å². The van der Waals surface area contributed by atoms with Gasteiger partial charge in [0.2, 0.25) is 0 Å². The molecule has 6 nitrogen and oxygen atoms in total. The number of aryl methyl sites for hydroxylation is 1. The summed E-state index contributed by atoms with van der Waals surface area (Å²) in [5.74, 6) is 1.53. The fourth-order valence-corrected chi connectivity index (χ4v) is 4.09. The number of nitrogens with zero attached hydrogens (tertiary/aromatic N) is 1. The zero-order valence-electron chi connectivity index (χ0n) is 18.1. The van der Waals surface area contributed by atoms with E-state index in [1.165, 1.54) is 6.07 Å². The maximum atomic E-state index is 14.5. The van der Waals surface area contributed by atoms with Crippen LogP contribution in [0.4, 0.5) is 4.39 Å². The minimum absolute atomic E-state index is 0.00373. The number of hydrogen-bond donors (Lipinski definition) is 2. The molecule has 0 atom stereocenters. The molecule has 166 valence electrons. The van der Waals surface area contributed by atoms with Crippen molar-refractivity contribution >= 4 is 10.9 Å². The molecule has 0 amide bonds. The summed E-state index contributed by atoms with van der Waals surface area (Å²) in [7, 11) is 0. The van der Waals surface area contributed by atoms with Gasteiger partial charge in [0.15, 0.2) is 0 Å². The number of hydrogen-bond acceptors (Lipinski definition) is 5. The van der Waals surface area contributed by atoms with Gasteiger partial charge >= 0.3 is 0 Å². The van der Waals surface area contributed by atoms with Crippen LogP contribution in [0, 0.1) is 17.7 Å². The number of H-pyrrole nitrogens is 1. The molecule has 2 N–H and O–H groups in total. The quantitative estimate of drug-likeness (QED) is 0.744. The van der Waals surface area contributed by atoms with E-state index in [9.17, 15) is 9.18 Å². The van der Waals surface area contributed by atoms with Crippen molar-refractivity contribution in [2.24, 2.45) is 11.8 Å². The lowest BCUT2D eigenvalue weighted by Crippen LogP contribution is -2.30. The molecule has 0 saturated carbocycles. The predicted octanol–water partition coefficient (Wildman–Crippen LogP) is 3.83. The van der Waals surface area contributed by atoms with Crippen molar-refractivity contribution in [1.29, 1.82) is 0 Å². The average molecular weight is 420 g/mol. The first-order valence-corrected chi connectivity index (χ1v) is 11.3. The monoisotopic (exact) mass is 419 g/mol. The van der Waals surface area contributed by atoms with Crippen LogP contribution in [0.1, 0.15) is 51.8 Å². The Bertz CT molecular complexity index is 853. The van der Waals surface area contributed by atoms with E-state index in [4.69, 9.17) is 9.47 Å². The third kappa shape index (κ3) is 6.01. The summed E-state index contributed by atoms with van der Waals surface area (Å²) in [6.45, 7) is 8.15. The molecule has 0 spiro atoms. The van der Waals surface area contributed by atoms with E-state index < -0.39 is 11.4 Å². The molecule has 0 aliphatic carbocycles. The highest BCUT2D eigenvalue weighted by atomic mass is 19.1. The summed E-state index contributed by atoms with van der Waals surface area (Å²) < 4.78 is 25.7. The van der Waals surface area contributed by atoms with Gasteiger partial charge in [0, 0.05) is 31.8 Å². The second-order valence-electron chi connectivity index (χ2n) is 7.91. The van der Waals surface area contributed by atoms with Crippen LogP contribution in [0.2, 0.25) is 0 Å². The average Bonchev–Trinajstić information content (AvgIpc) is 2.78. The number of nitrogens with one attached hydrogen (secondary N) is 2. The predicted molar refractivity (Wildman–Crippen MR) is 117 cm³/mol. The lowest BCUT2D eigenvalue weighted by molar-refractivity contribution is 0.0638. The third-order valence-electron chi connectivity index (χ3n) is 5.86. The highest BCUT2D eigenvalue weighted by Gasteiger charge is 2.17. The number of rotatable bonds is 6. The summed E-state index contributed by atoms with van der Waals surface area (Å²) in [6, 6.07) is 2.98. The molecule has 0 unspecified atom stereocenters. The maximum Gasteiger partial charge on any atom is 0.261 e. The third-order valence-corrected chi connectivity index (χ3v) is 5.86. The van der Waals surface area contributed by atoms with E-state index in [1.807, 2.05) is 13.8 Å². The summed E-state index contributed by atoms with van der Waals surface area (Å²) in [4.78, 5) is 19.7. The van der Waals surface area contributed by atoms with Crippen molar-refractivity contribution in [3.63, 3.8) is 0 Å². The molecular formula is C23H34FN3O3. The standard InChI is InChI=1S/C21H28FN3O3.C2H6/c22-17-11-16(28-13-15-3-7-23-8-4-15)12-18-20(17)21(26)25-19(24-18)2-1-14-5-9-27-10-6-14;1-2/h11-12,14-15,23H,1-10,13H2,(H,24,25,26);1-2H3. The Labute approximate surface area is 177 Å². The van der Waals surface area contributed by atoms with Crippen LogP contribution in [0.15, 0.2) is 16.9 Å². The molecule has 1 aromatic heterocycles. The fraction of sp³-hybridized carbons (Fsp3) is 0.652. The van der Waals surface area contributed by atoms with Crippen LogP contribution in [-0.2, 0) is 11.2 Å². The minimum atomic E-state index is -0.581. The number of benzene rings is 1. The van der Waals surface area contributed by atoms with Crippen molar-refractivity contribution in [2.75, 3.05) is 32.9 Å². The largest absolute Gasteiger partial charge is 0.493 e. The first-order chi connectivity index (χ1) is 14.7.